The van der Waals surface area contributed by atoms with Gasteiger partial charge in [-0.1, -0.05) is 48.2 Å². The fourth-order valence-electron chi connectivity index (χ4n) is 3.34. The summed E-state index contributed by atoms with van der Waals surface area (Å²) in [5, 5.41) is 8.61. The molecule has 1 aliphatic rings. The van der Waals surface area contributed by atoms with Crippen LogP contribution in [0.15, 0.2) is 117 Å². The predicted molar refractivity (Wildman–Crippen MR) is 120 cm³/mol. The Labute approximate surface area is 173 Å². The zero-order valence-electron chi connectivity index (χ0n) is 15.6. The van der Waals surface area contributed by atoms with Gasteiger partial charge in [0.2, 0.25) is 0 Å². The first-order valence-electron chi connectivity index (χ1n) is 9.32. The Bertz CT molecular complexity index is 1160. The van der Waals surface area contributed by atoms with Gasteiger partial charge < -0.3 is 10.6 Å². The minimum atomic E-state index is 0.618. The van der Waals surface area contributed by atoms with E-state index in [-0.39, 0.29) is 0 Å². The average molecular weight is 395 g/mol. The minimum absolute atomic E-state index is 0.618. The van der Waals surface area contributed by atoms with Crippen molar-refractivity contribution in [3.63, 3.8) is 0 Å². The van der Waals surface area contributed by atoms with Crippen LogP contribution in [0.1, 0.15) is 0 Å². The van der Waals surface area contributed by atoms with Crippen molar-refractivity contribution in [2.45, 2.75) is 9.79 Å². The molecule has 0 fully saturated rings. The van der Waals surface area contributed by atoms with Crippen molar-refractivity contribution in [1.29, 1.82) is 0 Å². The highest BCUT2D eigenvalue weighted by Gasteiger charge is 2.23. The Morgan fingerprint density at radius 2 is 1.21 bits per heavy atom. The van der Waals surface area contributed by atoms with E-state index in [1.165, 1.54) is 21.2 Å². The molecule has 1 aliphatic heterocycles. The summed E-state index contributed by atoms with van der Waals surface area (Å²) in [5.41, 5.74) is 11.5. The molecule has 0 atom stereocenters. The van der Waals surface area contributed by atoms with Crippen molar-refractivity contribution in [3.05, 3.63) is 97.1 Å². The quantitative estimate of drug-likeness (QED) is 0.253. The molecule has 0 saturated heterocycles. The molecule has 4 aromatic rings. The van der Waals surface area contributed by atoms with E-state index in [0.29, 0.717) is 11.4 Å². The van der Waals surface area contributed by atoms with Gasteiger partial charge in [0, 0.05) is 15.5 Å². The molecule has 140 valence electrons. The molecule has 5 heteroatoms. The maximum Gasteiger partial charge on any atom is 0.109 e. The second-order valence-electron chi connectivity index (χ2n) is 6.65. The number of fused-ring (bicyclic) bond motifs is 2. The molecule has 0 aliphatic carbocycles. The summed E-state index contributed by atoms with van der Waals surface area (Å²) < 4.78 is 0. The first-order valence-corrected chi connectivity index (χ1v) is 10.1. The average Bonchev–Trinajstić information content (AvgIpc) is 2.77. The molecule has 0 unspecified atom stereocenters. The summed E-state index contributed by atoms with van der Waals surface area (Å²) in [5.74, 6) is 0. The fourth-order valence-corrected chi connectivity index (χ4v) is 4.40. The van der Waals surface area contributed by atoms with Crippen LogP contribution in [-0.2, 0) is 0 Å². The molecule has 0 saturated carbocycles. The molecule has 5 rings (SSSR count). The van der Waals surface area contributed by atoms with Gasteiger partial charge in [0.05, 0.1) is 22.7 Å². The summed E-state index contributed by atoms with van der Waals surface area (Å²) in [6.45, 7) is 0. The number of rotatable bonds is 3. The lowest BCUT2D eigenvalue weighted by atomic mass is 10.1. The van der Waals surface area contributed by atoms with E-state index < -0.39 is 0 Å². The predicted octanol–water partition coefficient (Wildman–Crippen LogP) is 7.62. The summed E-state index contributed by atoms with van der Waals surface area (Å²) in [7, 11) is 0. The summed E-state index contributed by atoms with van der Waals surface area (Å²) in [4.78, 5) is 4.78. The van der Waals surface area contributed by atoms with Crippen LogP contribution in [0.25, 0.3) is 0 Å². The molecule has 1 heterocycles. The largest absolute Gasteiger partial charge is 0.397 e. The van der Waals surface area contributed by atoms with Crippen molar-refractivity contribution in [3.8, 4) is 0 Å². The maximum atomic E-state index is 5.93. The molecule has 4 nitrogen and oxygen atoms in total. The van der Waals surface area contributed by atoms with Gasteiger partial charge in [-0.15, -0.1) is 5.11 Å². The van der Waals surface area contributed by atoms with E-state index in [9.17, 15) is 0 Å². The normalized spacial score (nSPS) is 12.6. The Hall–Kier alpha value is -3.57. The number of hydrogen-bond acceptors (Lipinski definition) is 5. The second kappa shape index (κ2) is 7.45. The second-order valence-corrected chi connectivity index (χ2v) is 7.73. The lowest BCUT2D eigenvalue weighted by molar-refractivity contribution is 1.16. The highest BCUT2D eigenvalue weighted by atomic mass is 32.2. The highest BCUT2D eigenvalue weighted by Crippen LogP contribution is 2.51. The third kappa shape index (κ3) is 3.37. The van der Waals surface area contributed by atoms with E-state index in [1.54, 1.807) is 11.8 Å². The van der Waals surface area contributed by atoms with Crippen LogP contribution in [0.5, 0.6) is 0 Å². The molecule has 0 aromatic heterocycles. The highest BCUT2D eigenvalue weighted by molar-refractivity contribution is 7.99. The van der Waals surface area contributed by atoms with Gasteiger partial charge in [-0.2, -0.15) is 5.11 Å². The number of nitrogens with zero attached hydrogens (tertiary/aromatic N) is 3. The topological polar surface area (TPSA) is 54.0 Å². The van der Waals surface area contributed by atoms with Crippen LogP contribution in [0, 0.1) is 0 Å². The van der Waals surface area contributed by atoms with Crippen LogP contribution in [-0.4, -0.2) is 0 Å². The van der Waals surface area contributed by atoms with Crippen LogP contribution in [0.3, 0.4) is 0 Å². The molecule has 29 heavy (non-hydrogen) atoms. The Balaban J connectivity index is 1.50. The Morgan fingerprint density at radius 1 is 0.621 bits per heavy atom. The number of anilines is 4. The van der Waals surface area contributed by atoms with Crippen molar-refractivity contribution in [2.75, 3.05) is 10.6 Å². The summed E-state index contributed by atoms with van der Waals surface area (Å²) in [6.07, 6.45) is 0. The fraction of sp³-hybridized carbons (Fsp3) is 0. The van der Waals surface area contributed by atoms with Gasteiger partial charge in [-0.25, -0.2) is 0 Å². The van der Waals surface area contributed by atoms with E-state index in [4.69, 9.17) is 5.73 Å². The smallest absolute Gasteiger partial charge is 0.109 e. The van der Waals surface area contributed by atoms with E-state index in [1.807, 2.05) is 36.4 Å². The van der Waals surface area contributed by atoms with Crippen LogP contribution in [0.2, 0.25) is 0 Å². The van der Waals surface area contributed by atoms with Crippen LogP contribution >= 0.6 is 11.8 Å². The maximum absolute atomic E-state index is 5.93. The standard InChI is InChI=1S/C24H18N4S/c25-19-7-1-2-8-20(19)27-26-17-13-15-18(16-14-17)28-21-9-3-5-11-23(21)29-24-12-6-4-10-22(24)28/h1-16H,25H2. The molecule has 4 aromatic carbocycles. The van der Waals surface area contributed by atoms with Gasteiger partial charge in [0.15, 0.2) is 0 Å². The zero-order valence-corrected chi connectivity index (χ0v) is 16.4. The van der Waals surface area contributed by atoms with Gasteiger partial charge >= 0.3 is 0 Å². The van der Waals surface area contributed by atoms with E-state index in [0.717, 1.165) is 11.4 Å². The molecule has 0 spiro atoms. The molecule has 0 amide bonds. The SMILES string of the molecule is Nc1ccccc1N=Nc1ccc(N2c3ccccc3Sc3ccccc32)cc1. The first-order chi connectivity index (χ1) is 14.3. The molecular weight excluding hydrogens is 376 g/mol. The van der Waals surface area contributed by atoms with E-state index >= 15 is 0 Å². The molecular formula is C24H18N4S. The van der Waals surface area contributed by atoms with Crippen molar-refractivity contribution < 1.29 is 0 Å². The summed E-state index contributed by atoms with van der Waals surface area (Å²) in [6, 6.07) is 32.5. The van der Waals surface area contributed by atoms with Crippen LogP contribution in [0.4, 0.5) is 34.1 Å². The molecule has 0 bridgehead atoms. The molecule has 0 radical (unpaired) electrons. The van der Waals surface area contributed by atoms with Crippen molar-refractivity contribution in [1.82, 2.24) is 0 Å². The lowest BCUT2D eigenvalue weighted by Crippen LogP contribution is -2.14. The van der Waals surface area contributed by atoms with Gasteiger partial charge in [0.25, 0.3) is 0 Å². The number of para-hydroxylation sites is 3. The third-order valence-electron chi connectivity index (χ3n) is 4.75. The van der Waals surface area contributed by atoms with Gasteiger partial charge in [-0.05, 0) is 60.7 Å². The van der Waals surface area contributed by atoms with Crippen molar-refractivity contribution in [2.24, 2.45) is 10.2 Å². The Morgan fingerprint density at radius 3 is 1.86 bits per heavy atom. The van der Waals surface area contributed by atoms with Gasteiger partial charge in [0.1, 0.15) is 5.69 Å². The lowest BCUT2D eigenvalue weighted by Gasteiger charge is -2.32. The summed E-state index contributed by atoms with van der Waals surface area (Å²) >= 11 is 1.80. The number of azo groups is 1. The monoisotopic (exact) mass is 394 g/mol. The number of benzene rings is 4. The van der Waals surface area contributed by atoms with Gasteiger partial charge in [-0.3, -0.25) is 0 Å². The number of nitrogens with two attached hydrogens (primary N) is 1. The van der Waals surface area contributed by atoms with Crippen molar-refractivity contribution >= 4 is 45.9 Å². The van der Waals surface area contributed by atoms with Crippen LogP contribution < -0.4 is 10.6 Å². The third-order valence-corrected chi connectivity index (χ3v) is 5.88. The molecule has 2 N–H and O–H groups in total. The Kier molecular flexibility index (Phi) is 4.50. The number of nitrogen functional groups attached to an aromatic ring is 1. The van der Waals surface area contributed by atoms with E-state index in [2.05, 4.69) is 75.8 Å². The minimum Gasteiger partial charge on any atom is -0.397 e. The zero-order chi connectivity index (χ0) is 19.6. The first kappa shape index (κ1) is 17.5. The number of hydrogen-bond donors (Lipinski definition) is 1.